The number of hydrogen-bond donors (Lipinski definition) is 0. The standard InChI is InChI=1S/C22H18N2S/c1-2-15-24-21(18-10-4-3-5-11-18)16-25-22(24)23-20-14-8-12-17-9-6-7-13-19(17)20/h2-14,16H,1,15H2. The van der Waals surface area contributed by atoms with Gasteiger partial charge in [-0.15, -0.1) is 17.9 Å². The normalized spacial score (nSPS) is 11.8. The second-order valence-electron chi connectivity index (χ2n) is 5.78. The molecule has 0 unspecified atom stereocenters. The maximum Gasteiger partial charge on any atom is 0.190 e. The molecule has 3 aromatic carbocycles. The van der Waals surface area contributed by atoms with E-state index in [2.05, 4.69) is 83.3 Å². The predicted molar refractivity (Wildman–Crippen MR) is 107 cm³/mol. The molecule has 0 radical (unpaired) electrons. The molecule has 1 aromatic heterocycles. The molecule has 4 rings (SSSR count). The van der Waals surface area contributed by atoms with Crippen LogP contribution in [0.1, 0.15) is 0 Å². The van der Waals surface area contributed by atoms with E-state index in [0.717, 1.165) is 17.0 Å². The molecule has 4 aromatic rings. The van der Waals surface area contributed by atoms with Gasteiger partial charge in [0.1, 0.15) is 0 Å². The van der Waals surface area contributed by atoms with Gasteiger partial charge in [-0.1, -0.05) is 72.8 Å². The van der Waals surface area contributed by atoms with E-state index in [1.54, 1.807) is 11.3 Å². The van der Waals surface area contributed by atoms with Gasteiger partial charge in [-0.05, 0) is 17.0 Å². The van der Waals surface area contributed by atoms with E-state index in [4.69, 9.17) is 4.99 Å². The van der Waals surface area contributed by atoms with E-state index in [-0.39, 0.29) is 0 Å². The van der Waals surface area contributed by atoms with Crippen LogP contribution >= 0.6 is 11.3 Å². The van der Waals surface area contributed by atoms with Gasteiger partial charge in [-0.25, -0.2) is 4.99 Å². The van der Waals surface area contributed by atoms with Crippen LogP contribution in [0.4, 0.5) is 5.69 Å². The zero-order chi connectivity index (χ0) is 17.1. The molecule has 0 aliphatic rings. The third kappa shape index (κ3) is 3.06. The van der Waals surface area contributed by atoms with Crippen molar-refractivity contribution in [2.75, 3.05) is 0 Å². The Balaban J connectivity index is 1.92. The Morgan fingerprint density at radius 2 is 1.68 bits per heavy atom. The summed E-state index contributed by atoms with van der Waals surface area (Å²) in [5.74, 6) is 0. The molecule has 0 saturated carbocycles. The first-order chi connectivity index (χ1) is 12.4. The second-order valence-corrected chi connectivity index (χ2v) is 6.62. The van der Waals surface area contributed by atoms with Gasteiger partial charge in [-0.3, -0.25) is 0 Å². The number of hydrogen-bond acceptors (Lipinski definition) is 2. The van der Waals surface area contributed by atoms with E-state index >= 15 is 0 Å². The highest BCUT2D eigenvalue weighted by atomic mass is 32.1. The van der Waals surface area contributed by atoms with Crippen LogP contribution in [0.5, 0.6) is 0 Å². The molecular formula is C22H18N2S. The van der Waals surface area contributed by atoms with Gasteiger partial charge >= 0.3 is 0 Å². The highest BCUT2D eigenvalue weighted by Gasteiger charge is 2.07. The van der Waals surface area contributed by atoms with E-state index in [1.807, 2.05) is 12.1 Å². The number of rotatable bonds is 4. The molecule has 1 heterocycles. The zero-order valence-corrected chi connectivity index (χ0v) is 14.6. The highest BCUT2D eigenvalue weighted by Crippen LogP contribution is 2.26. The summed E-state index contributed by atoms with van der Waals surface area (Å²) in [5.41, 5.74) is 3.36. The van der Waals surface area contributed by atoms with Crippen molar-refractivity contribution in [2.45, 2.75) is 6.54 Å². The Morgan fingerprint density at radius 1 is 0.920 bits per heavy atom. The largest absolute Gasteiger partial charge is 0.313 e. The summed E-state index contributed by atoms with van der Waals surface area (Å²) < 4.78 is 2.22. The third-order valence-electron chi connectivity index (χ3n) is 4.16. The van der Waals surface area contributed by atoms with Crippen molar-refractivity contribution in [3.8, 4) is 11.3 Å². The summed E-state index contributed by atoms with van der Waals surface area (Å²) in [7, 11) is 0. The minimum atomic E-state index is 0.733. The highest BCUT2D eigenvalue weighted by molar-refractivity contribution is 7.07. The van der Waals surface area contributed by atoms with E-state index in [9.17, 15) is 0 Å². The Labute approximate surface area is 151 Å². The van der Waals surface area contributed by atoms with Gasteiger partial charge < -0.3 is 4.57 Å². The van der Waals surface area contributed by atoms with Crippen LogP contribution in [-0.4, -0.2) is 4.57 Å². The number of allylic oxidation sites excluding steroid dienone is 1. The molecule has 0 aliphatic carbocycles. The van der Waals surface area contributed by atoms with E-state index in [1.165, 1.54) is 22.0 Å². The van der Waals surface area contributed by atoms with Crippen molar-refractivity contribution in [1.82, 2.24) is 4.57 Å². The topological polar surface area (TPSA) is 17.3 Å². The van der Waals surface area contributed by atoms with Crippen molar-refractivity contribution < 1.29 is 0 Å². The Hall–Kier alpha value is -2.91. The first-order valence-corrected chi connectivity index (χ1v) is 9.12. The van der Waals surface area contributed by atoms with Crippen molar-refractivity contribution in [3.63, 3.8) is 0 Å². The van der Waals surface area contributed by atoms with Crippen LogP contribution in [0.2, 0.25) is 0 Å². The number of thiazole rings is 1. The van der Waals surface area contributed by atoms with Gasteiger partial charge in [0.25, 0.3) is 0 Å². The molecule has 0 bridgehead atoms. The fourth-order valence-electron chi connectivity index (χ4n) is 2.97. The fourth-order valence-corrected chi connectivity index (χ4v) is 3.90. The summed E-state index contributed by atoms with van der Waals surface area (Å²) >= 11 is 1.66. The Bertz CT molecular complexity index is 1080. The first-order valence-electron chi connectivity index (χ1n) is 8.24. The molecule has 0 atom stereocenters. The predicted octanol–water partition coefficient (Wildman–Crippen LogP) is 5.79. The number of fused-ring (bicyclic) bond motifs is 1. The number of aromatic nitrogens is 1. The van der Waals surface area contributed by atoms with Crippen LogP contribution in [0.15, 0.2) is 95.8 Å². The van der Waals surface area contributed by atoms with Crippen molar-refractivity contribution in [3.05, 3.63) is 95.6 Å². The lowest BCUT2D eigenvalue weighted by Gasteiger charge is -2.07. The summed E-state index contributed by atoms with van der Waals surface area (Å²) in [4.78, 5) is 5.95. The molecular weight excluding hydrogens is 324 g/mol. The molecule has 0 aliphatic heterocycles. The van der Waals surface area contributed by atoms with Crippen LogP contribution < -0.4 is 4.80 Å². The third-order valence-corrected chi connectivity index (χ3v) is 5.03. The molecule has 0 N–H and O–H groups in total. The average Bonchev–Trinajstić information content (AvgIpc) is 3.06. The second kappa shape index (κ2) is 6.91. The summed E-state index contributed by atoms with van der Waals surface area (Å²) in [6.45, 7) is 4.64. The van der Waals surface area contributed by atoms with Gasteiger partial charge in [-0.2, -0.15) is 0 Å². The lowest BCUT2D eigenvalue weighted by Crippen LogP contribution is -2.14. The SMILES string of the molecule is C=CCn1c(-c2ccccc2)csc1=Nc1cccc2ccccc12. The van der Waals surface area contributed by atoms with Crippen LogP contribution in [-0.2, 0) is 6.54 Å². The van der Waals surface area contributed by atoms with Crippen LogP contribution in [0.25, 0.3) is 22.0 Å². The van der Waals surface area contributed by atoms with Crippen molar-refractivity contribution >= 4 is 27.8 Å². The van der Waals surface area contributed by atoms with Gasteiger partial charge in [0, 0.05) is 17.3 Å². The molecule has 3 heteroatoms. The Kier molecular flexibility index (Phi) is 4.32. The molecule has 0 spiro atoms. The quantitative estimate of drug-likeness (QED) is 0.418. The fraction of sp³-hybridized carbons (Fsp3) is 0.0455. The monoisotopic (exact) mass is 342 g/mol. The number of benzene rings is 3. The van der Waals surface area contributed by atoms with Gasteiger partial charge in [0.05, 0.1) is 11.4 Å². The summed E-state index contributed by atoms with van der Waals surface area (Å²) in [6, 6.07) is 25.0. The maximum atomic E-state index is 4.97. The zero-order valence-electron chi connectivity index (χ0n) is 13.8. The average molecular weight is 342 g/mol. The van der Waals surface area contributed by atoms with Gasteiger partial charge in [0.15, 0.2) is 4.80 Å². The van der Waals surface area contributed by atoms with Crippen molar-refractivity contribution in [1.29, 1.82) is 0 Å². The van der Waals surface area contributed by atoms with Crippen molar-refractivity contribution in [2.24, 2.45) is 4.99 Å². The smallest absolute Gasteiger partial charge is 0.190 e. The van der Waals surface area contributed by atoms with Crippen LogP contribution in [0, 0.1) is 0 Å². The first kappa shape index (κ1) is 15.6. The molecule has 0 saturated heterocycles. The summed E-state index contributed by atoms with van der Waals surface area (Å²) in [6.07, 6.45) is 1.92. The van der Waals surface area contributed by atoms with E-state index in [0.29, 0.717) is 0 Å². The van der Waals surface area contributed by atoms with Gasteiger partial charge in [0.2, 0.25) is 0 Å². The minimum Gasteiger partial charge on any atom is -0.313 e. The number of nitrogens with zero attached hydrogens (tertiary/aromatic N) is 2. The van der Waals surface area contributed by atoms with Crippen LogP contribution in [0.3, 0.4) is 0 Å². The summed E-state index contributed by atoms with van der Waals surface area (Å²) in [5, 5.41) is 4.55. The molecule has 122 valence electrons. The lowest BCUT2D eigenvalue weighted by molar-refractivity contribution is 0.801. The molecule has 0 fully saturated rings. The molecule has 25 heavy (non-hydrogen) atoms. The Morgan fingerprint density at radius 3 is 2.52 bits per heavy atom. The molecule has 2 nitrogen and oxygen atoms in total. The van der Waals surface area contributed by atoms with E-state index < -0.39 is 0 Å². The lowest BCUT2D eigenvalue weighted by atomic mass is 10.1. The minimum absolute atomic E-state index is 0.733. The molecule has 0 amide bonds. The maximum absolute atomic E-state index is 4.97.